The van der Waals surface area contributed by atoms with Gasteiger partial charge in [-0.3, -0.25) is 0 Å². The van der Waals surface area contributed by atoms with Crippen molar-refractivity contribution in [2.24, 2.45) is 0 Å². The van der Waals surface area contributed by atoms with E-state index in [0.717, 1.165) is 29.7 Å². The zero-order valence-electron chi connectivity index (χ0n) is 12.4. The maximum absolute atomic E-state index is 5.87. The third kappa shape index (κ3) is 2.99. The van der Waals surface area contributed by atoms with E-state index in [0.29, 0.717) is 0 Å². The Hall–Kier alpha value is -1.32. The molecule has 110 valence electrons. The zero-order chi connectivity index (χ0) is 14.8. The van der Waals surface area contributed by atoms with Gasteiger partial charge in [0.1, 0.15) is 5.75 Å². The molecule has 0 fully saturated rings. The number of benzene rings is 2. The van der Waals surface area contributed by atoms with Gasteiger partial charge in [0, 0.05) is 22.5 Å². The maximum Gasteiger partial charge on any atom is 0.127 e. The Bertz CT molecular complexity index is 654. The lowest BCUT2D eigenvalue weighted by atomic mass is 9.94. The van der Waals surface area contributed by atoms with Crippen LogP contribution in [-0.4, -0.2) is 13.7 Å². The Balaban J connectivity index is 1.96. The molecule has 1 aliphatic heterocycles. The van der Waals surface area contributed by atoms with Gasteiger partial charge >= 0.3 is 0 Å². The fraction of sp³-hybridized carbons (Fsp3) is 0.333. The second-order valence-corrected chi connectivity index (χ2v) is 6.47. The molecule has 0 bridgehead atoms. The summed E-state index contributed by atoms with van der Waals surface area (Å²) in [6, 6.07) is 13.2. The third-order valence-electron chi connectivity index (χ3n) is 4.19. The number of fused-ring (bicyclic) bond motifs is 1. The predicted octanol–water partition coefficient (Wildman–Crippen LogP) is 4.20. The largest absolute Gasteiger partial charge is 0.493 e. The first-order chi connectivity index (χ1) is 10.2. The number of likely N-dealkylation sites (N-methyl/N-ethyl adjacent to an activating group) is 1. The molecule has 0 amide bonds. The van der Waals surface area contributed by atoms with Crippen LogP contribution in [0.1, 0.15) is 28.3 Å². The quantitative estimate of drug-likeness (QED) is 0.896. The van der Waals surface area contributed by atoms with Crippen molar-refractivity contribution in [3.8, 4) is 5.75 Å². The summed E-state index contributed by atoms with van der Waals surface area (Å²) < 4.78 is 7.01. The Kier molecular flexibility index (Phi) is 4.32. The molecule has 1 atom stereocenters. The lowest BCUT2D eigenvalue weighted by Crippen LogP contribution is -2.20. The number of hydrogen-bond acceptors (Lipinski definition) is 2. The highest BCUT2D eigenvalue weighted by atomic mass is 79.9. The Morgan fingerprint density at radius 1 is 1.29 bits per heavy atom. The smallest absolute Gasteiger partial charge is 0.127 e. The topological polar surface area (TPSA) is 21.3 Å². The van der Waals surface area contributed by atoms with E-state index in [1.54, 1.807) is 0 Å². The van der Waals surface area contributed by atoms with Crippen molar-refractivity contribution in [2.75, 3.05) is 13.7 Å². The average molecular weight is 346 g/mol. The number of nitrogens with one attached hydrogen (secondary N) is 1. The number of aryl methyl sites for hydroxylation is 1. The first-order valence-electron chi connectivity index (χ1n) is 7.36. The molecule has 0 radical (unpaired) electrons. The minimum Gasteiger partial charge on any atom is -0.493 e. The van der Waals surface area contributed by atoms with Crippen LogP contribution in [0.5, 0.6) is 5.75 Å². The second kappa shape index (κ2) is 6.20. The number of hydrogen-bond donors (Lipinski definition) is 1. The molecule has 1 aliphatic rings. The van der Waals surface area contributed by atoms with E-state index in [4.69, 9.17) is 4.74 Å². The van der Waals surface area contributed by atoms with Crippen LogP contribution in [-0.2, 0) is 12.8 Å². The fourth-order valence-corrected chi connectivity index (χ4v) is 3.51. The molecule has 0 aliphatic carbocycles. The minimum atomic E-state index is 0.260. The zero-order valence-corrected chi connectivity index (χ0v) is 14.0. The molecule has 2 nitrogen and oxygen atoms in total. The van der Waals surface area contributed by atoms with Gasteiger partial charge in [-0.05, 0) is 49.2 Å². The maximum atomic E-state index is 5.87. The van der Waals surface area contributed by atoms with Gasteiger partial charge in [-0.15, -0.1) is 0 Å². The van der Waals surface area contributed by atoms with Crippen molar-refractivity contribution in [3.63, 3.8) is 0 Å². The van der Waals surface area contributed by atoms with E-state index in [9.17, 15) is 0 Å². The summed E-state index contributed by atoms with van der Waals surface area (Å²) in [5.41, 5.74) is 5.28. The fourth-order valence-electron chi connectivity index (χ4n) is 2.98. The molecule has 3 heteroatoms. The molecule has 0 saturated carbocycles. The normalized spacial score (nSPS) is 14.6. The second-order valence-electron chi connectivity index (χ2n) is 5.55. The van der Waals surface area contributed by atoms with Gasteiger partial charge in [0.25, 0.3) is 0 Å². The average Bonchev–Trinajstić information content (AvgIpc) is 2.94. The summed E-state index contributed by atoms with van der Waals surface area (Å²) >= 11 is 3.63. The van der Waals surface area contributed by atoms with Gasteiger partial charge in [-0.1, -0.05) is 40.2 Å². The Labute approximate surface area is 134 Å². The first-order valence-corrected chi connectivity index (χ1v) is 8.15. The molecule has 0 spiro atoms. The summed E-state index contributed by atoms with van der Waals surface area (Å²) in [6.45, 7) is 2.96. The molecule has 2 aromatic carbocycles. The van der Waals surface area contributed by atoms with Gasteiger partial charge < -0.3 is 10.1 Å². The van der Waals surface area contributed by atoms with Crippen LogP contribution in [0.3, 0.4) is 0 Å². The summed E-state index contributed by atoms with van der Waals surface area (Å²) in [4.78, 5) is 0. The molecule has 0 aromatic heterocycles. The molecular weight excluding hydrogens is 326 g/mol. The molecule has 1 unspecified atom stereocenters. The predicted molar refractivity (Wildman–Crippen MR) is 90.0 cm³/mol. The first kappa shape index (κ1) is 14.6. The molecule has 1 N–H and O–H groups in total. The molecule has 3 rings (SSSR count). The highest BCUT2D eigenvalue weighted by Gasteiger charge is 2.23. The third-order valence-corrected chi connectivity index (χ3v) is 4.64. The Morgan fingerprint density at radius 2 is 2.10 bits per heavy atom. The standard InChI is InChI=1S/C18H20BrNO/c1-12-5-3-4-6-13(12)10-17(20-2)16-11-15(19)9-14-7-8-21-18(14)16/h3-6,9,11,17,20H,7-8,10H2,1-2H3. The van der Waals surface area contributed by atoms with E-state index in [-0.39, 0.29) is 6.04 Å². The molecule has 0 saturated heterocycles. The summed E-state index contributed by atoms with van der Waals surface area (Å²) in [7, 11) is 2.02. The van der Waals surface area contributed by atoms with E-state index in [1.807, 2.05) is 7.05 Å². The van der Waals surface area contributed by atoms with Crippen LogP contribution in [0, 0.1) is 6.92 Å². The lowest BCUT2D eigenvalue weighted by Gasteiger charge is -2.21. The Morgan fingerprint density at radius 3 is 2.86 bits per heavy atom. The van der Waals surface area contributed by atoms with Crippen molar-refractivity contribution >= 4 is 15.9 Å². The molecule has 1 heterocycles. The lowest BCUT2D eigenvalue weighted by molar-refractivity contribution is 0.349. The van der Waals surface area contributed by atoms with Crippen LogP contribution < -0.4 is 10.1 Å². The van der Waals surface area contributed by atoms with Crippen LogP contribution in [0.2, 0.25) is 0 Å². The van der Waals surface area contributed by atoms with Gasteiger partial charge in [0.15, 0.2) is 0 Å². The van der Waals surface area contributed by atoms with Gasteiger partial charge in [-0.2, -0.15) is 0 Å². The van der Waals surface area contributed by atoms with E-state index >= 15 is 0 Å². The molecular formula is C18H20BrNO. The highest BCUT2D eigenvalue weighted by Crippen LogP contribution is 2.37. The van der Waals surface area contributed by atoms with Crippen LogP contribution in [0.15, 0.2) is 40.9 Å². The van der Waals surface area contributed by atoms with Gasteiger partial charge in [-0.25, -0.2) is 0 Å². The molecule has 2 aromatic rings. The minimum absolute atomic E-state index is 0.260. The van der Waals surface area contributed by atoms with Crippen LogP contribution in [0.25, 0.3) is 0 Å². The van der Waals surface area contributed by atoms with Crippen molar-refractivity contribution < 1.29 is 4.74 Å². The van der Waals surface area contributed by atoms with Crippen molar-refractivity contribution in [2.45, 2.75) is 25.8 Å². The molecule has 21 heavy (non-hydrogen) atoms. The highest BCUT2D eigenvalue weighted by molar-refractivity contribution is 9.10. The van der Waals surface area contributed by atoms with Crippen molar-refractivity contribution in [3.05, 3.63) is 63.1 Å². The number of ether oxygens (including phenoxy) is 1. The van der Waals surface area contributed by atoms with Crippen LogP contribution in [0.4, 0.5) is 0 Å². The van der Waals surface area contributed by atoms with Crippen LogP contribution >= 0.6 is 15.9 Å². The van der Waals surface area contributed by atoms with Crippen molar-refractivity contribution in [1.82, 2.24) is 5.32 Å². The van der Waals surface area contributed by atoms with Gasteiger partial charge in [0.2, 0.25) is 0 Å². The van der Waals surface area contributed by atoms with Gasteiger partial charge in [0.05, 0.1) is 6.61 Å². The summed E-state index contributed by atoms with van der Waals surface area (Å²) in [6.07, 6.45) is 1.97. The van der Waals surface area contributed by atoms with E-state index in [1.165, 1.54) is 22.3 Å². The monoisotopic (exact) mass is 345 g/mol. The summed E-state index contributed by atoms with van der Waals surface area (Å²) in [5, 5.41) is 3.45. The number of halogens is 1. The summed E-state index contributed by atoms with van der Waals surface area (Å²) in [5.74, 6) is 1.08. The van der Waals surface area contributed by atoms with Crippen molar-refractivity contribution in [1.29, 1.82) is 0 Å². The van der Waals surface area contributed by atoms with E-state index < -0.39 is 0 Å². The SMILES string of the molecule is CNC(Cc1ccccc1C)c1cc(Br)cc2c1OCC2. The number of rotatable bonds is 4. The van der Waals surface area contributed by atoms with E-state index in [2.05, 4.69) is 64.6 Å².